The van der Waals surface area contributed by atoms with Crippen LogP contribution in [0.3, 0.4) is 0 Å². The Balaban J connectivity index is 2.39. The Labute approximate surface area is 97.1 Å². The van der Waals surface area contributed by atoms with E-state index in [-0.39, 0.29) is 0 Å². The number of hydrogen-bond donors (Lipinski definition) is 0. The lowest BCUT2D eigenvalue weighted by atomic mass is 10.00. The molecule has 1 nitrogen and oxygen atoms in total. The summed E-state index contributed by atoms with van der Waals surface area (Å²) < 4.78 is 5.22. The first-order valence-electron chi connectivity index (χ1n) is 5.75. The van der Waals surface area contributed by atoms with E-state index in [2.05, 4.69) is 44.2 Å². The summed E-state index contributed by atoms with van der Waals surface area (Å²) >= 11 is 0. The second-order valence-corrected chi connectivity index (χ2v) is 4.65. The molecular formula is C15H18O. The summed E-state index contributed by atoms with van der Waals surface area (Å²) in [4.78, 5) is 0. The fraction of sp³-hybridized carbons (Fsp3) is 0.333. The first kappa shape index (κ1) is 11.0. The third-order valence-corrected chi connectivity index (χ3v) is 2.76. The van der Waals surface area contributed by atoms with E-state index in [4.69, 9.17) is 4.74 Å². The van der Waals surface area contributed by atoms with Crippen LogP contribution in [-0.4, -0.2) is 7.11 Å². The maximum Gasteiger partial charge on any atom is 0.119 e. The average molecular weight is 214 g/mol. The van der Waals surface area contributed by atoms with Gasteiger partial charge in [0.15, 0.2) is 0 Å². The Morgan fingerprint density at radius 2 is 1.69 bits per heavy atom. The lowest BCUT2D eigenvalue weighted by Gasteiger charge is -2.07. The van der Waals surface area contributed by atoms with Crippen molar-refractivity contribution < 1.29 is 4.74 Å². The van der Waals surface area contributed by atoms with Gasteiger partial charge in [-0.2, -0.15) is 0 Å². The third-order valence-electron chi connectivity index (χ3n) is 2.76. The number of hydrogen-bond acceptors (Lipinski definition) is 1. The lowest BCUT2D eigenvalue weighted by molar-refractivity contribution is 0.415. The standard InChI is InChI=1S/C15H18O/c1-11(2)8-12-4-5-14-10-15(16-3)7-6-13(14)9-12/h4-7,9-11H,8H2,1-3H3. The fourth-order valence-corrected chi connectivity index (χ4v) is 2.00. The Hall–Kier alpha value is -1.50. The van der Waals surface area contributed by atoms with Gasteiger partial charge < -0.3 is 4.74 Å². The van der Waals surface area contributed by atoms with Gasteiger partial charge in [0.2, 0.25) is 0 Å². The van der Waals surface area contributed by atoms with Gasteiger partial charge in [0, 0.05) is 0 Å². The zero-order chi connectivity index (χ0) is 11.5. The summed E-state index contributed by atoms with van der Waals surface area (Å²) in [6, 6.07) is 12.9. The molecule has 0 aliphatic heterocycles. The maximum atomic E-state index is 5.22. The van der Waals surface area contributed by atoms with E-state index in [1.165, 1.54) is 16.3 Å². The Bertz CT molecular complexity index is 486. The average Bonchev–Trinajstić information content (AvgIpc) is 2.27. The predicted molar refractivity (Wildman–Crippen MR) is 69.0 cm³/mol. The highest BCUT2D eigenvalue weighted by molar-refractivity contribution is 5.84. The quantitative estimate of drug-likeness (QED) is 0.749. The van der Waals surface area contributed by atoms with Gasteiger partial charge >= 0.3 is 0 Å². The van der Waals surface area contributed by atoms with Crippen molar-refractivity contribution >= 4 is 10.8 Å². The van der Waals surface area contributed by atoms with Gasteiger partial charge in [-0.1, -0.05) is 38.1 Å². The van der Waals surface area contributed by atoms with Gasteiger partial charge in [0.05, 0.1) is 7.11 Å². The van der Waals surface area contributed by atoms with Crippen molar-refractivity contribution in [2.75, 3.05) is 7.11 Å². The second kappa shape index (κ2) is 4.56. The van der Waals surface area contributed by atoms with Gasteiger partial charge in [0.1, 0.15) is 5.75 Å². The summed E-state index contributed by atoms with van der Waals surface area (Å²) in [7, 11) is 1.70. The van der Waals surface area contributed by atoms with Crippen LogP contribution in [0.5, 0.6) is 5.75 Å². The van der Waals surface area contributed by atoms with Gasteiger partial charge in [-0.15, -0.1) is 0 Å². The summed E-state index contributed by atoms with van der Waals surface area (Å²) in [5.41, 5.74) is 1.41. The van der Waals surface area contributed by atoms with Crippen LogP contribution >= 0.6 is 0 Å². The molecule has 2 aromatic rings. The Morgan fingerprint density at radius 1 is 1.00 bits per heavy atom. The molecule has 0 fully saturated rings. The van der Waals surface area contributed by atoms with Crippen LogP contribution in [0.15, 0.2) is 36.4 Å². The van der Waals surface area contributed by atoms with Gasteiger partial charge in [-0.3, -0.25) is 0 Å². The molecule has 84 valence electrons. The van der Waals surface area contributed by atoms with Crippen LogP contribution in [0.25, 0.3) is 10.8 Å². The molecule has 0 amide bonds. The van der Waals surface area contributed by atoms with Crippen molar-refractivity contribution in [3.8, 4) is 5.75 Å². The number of methoxy groups -OCH3 is 1. The zero-order valence-corrected chi connectivity index (χ0v) is 10.2. The molecule has 0 saturated heterocycles. The molecule has 0 heterocycles. The molecule has 2 aromatic carbocycles. The summed E-state index contributed by atoms with van der Waals surface area (Å²) in [5, 5.41) is 2.53. The molecule has 0 aliphatic carbocycles. The molecule has 0 N–H and O–H groups in total. The molecule has 0 saturated carbocycles. The Morgan fingerprint density at radius 3 is 2.38 bits per heavy atom. The van der Waals surface area contributed by atoms with E-state index < -0.39 is 0 Å². The summed E-state index contributed by atoms with van der Waals surface area (Å²) in [6.45, 7) is 4.50. The SMILES string of the molecule is COc1ccc2cc(CC(C)C)ccc2c1. The van der Waals surface area contributed by atoms with Crippen LogP contribution < -0.4 is 4.74 Å². The van der Waals surface area contributed by atoms with Crippen molar-refractivity contribution in [1.82, 2.24) is 0 Å². The van der Waals surface area contributed by atoms with Crippen LogP contribution in [0.1, 0.15) is 19.4 Å². The lowest BCUT2D eigenvalue weighted by Crippen LogP contribution is -1.93. The molecule has 0 spiro atoms. The molecule has 0 atom stereocenters. The highest BCUT2D eigenvalue weighted by Crippen LogP contribution is 2.22. The van der Waals surface area contributed by atoms with Crippen LogP contribution in [0, 0.1) is 5.92 Å². The van der Waals surface area contributed by atoms with Crippen molar-refractivity contribution in [3.05, 3.63) is 42.0 Å². The van der Waals surface area contributed by atoms with E-state index in [0.29, 0.717) is 5.92 Å². The van der Waals surface area contributed by atoms with Crippen molar-refractivity contribution in [3.63, 3.8) is 0 Å². The number of ether oxygens (including phenoxy) is 1. The second-order valence-electron chi connectivity index (χ2n) is 4.65. The number of fused-ring (bicyclic) bond motifs is 1. The van der Waals surface area contributed by atoms with Crippen LogP contribution in [0.2, 0.25) is 0 Å². The van der Waals surface area contributed by atoms with E-state index in [0.717, 1.165) is 12.2 Å². The predicted octanol–water partition coefficient (Wildman–Crippen LogP) is 4.05. The van der Waals surface area contributed by atoms with E-state index >= 15 is 0 Å². The minimum atomic E-state index is 0.704. The monoisotopic (exact) mass is 214 g/mol. The van der Waals surface area contributed by atoms with Gasteiger partial charge in [0.25, 0.3) is 0 Å². The third kappa shape index (κ3) is 2.35. The molecule has 0 unspecified atom stereocenters. The van der Waals surface area contributed by atoms with Crippen molar-refractivity contribution in [2.45, 2.75) is 20.3 Å². The van der Waals surface area contributed by atoms with E-state index in [1.807, 2.05) is 6.07 Å². The molecule has 2 rings (SSSR count). The van der Waals surface area contributed by atoms with Gasteiger partial charge in [-0.25, -0.2) is 0 Å². The van der Waals surface area contributed by atoms with Crippen LogP contribution in [-0.2, 0) is 6.42 Å². The molecule has 1 heteroatoms. The minimum Gasteiger partial charge on any atom is -0.497 e. The molecule has 0 radical (unpaired) electrons. The molecule has 0 bridgehead atoms. The van der Waals surface area contributed by atoms with E-state index in [1.54, 1.807) is 7.11 Å². The summed E-state index contributed by atoms with van der Waals surface area (Å²) in [5.74, 6) is 1.62. The van der Waals surface area contributed by atoms with Gasteiger partial charge in [-0.05, 0) is 40.8 Å². The molecule has 16 heavy (non-hydrogen) atoms. The smallest absolute Gasteiger partial charge is 0.119 e. The fourth-order valence-electron chi connectivity index (χ4n) is 2.00. The topological polar surface area (TPSA) is 9.23 Å². The first-order chi connectivity index (χ1) is 7.69. The molecule has 0 aliphatic rings. The minimum absolute atomic E-state index is 0.704. The Kier molecular flexibility index (Phi) is 3.14. The van der Waals surface area contributed by atoms with Crippen molar-refractivity contribution in [1.29, 1.82) is 0 Å². The highest BCUT2D eigenvalue weighted by Gasteiger charge is 2.00. The maximum absolute atomic E-state index is 5.22. The normalized spacial score (nSPS) is 11.0. The summed E-state index contributed by atoms with van der Waals surface area (Å²) in [6.07, 6.45) is 1.14. The zero-order valence-electron chi connectivity index (χ0n) is 10.2. The molecular weight excluding hydrogens is 196 g/mol. The molecule has 0 aromatic heterocycles. The van der Waals surface area contributed by atoms with Crippen molar-refractivity contribution in [2.24, 2.45) is 5.92 Å². The number of rotatable bonds is 3. The highest BCUT2D eigenvalue weighted by atomic mass is 16.5. The largest absolute Gasteiger partial charge is 0.497 e. The number of benzene rings is 2. The first-order valence-corrected chi connectivity index (χ1v) is 5.75. The van der Waals surface area contributed by atoms with Crippen LogP contribution in [0.4, 0.5) is 0 Å². The van der Waals surface area contributed by atoms with E-state index in [9.17, 15) is 0 Å².